The van der Waals surface area contributed by atoms with Gasteiger partial charge in [0.2, 0.25) is 5.88 Å². The number of rotatable bonds is 4. The predicted molar refractivity (Wildman–Crippen MR) is 159 cm³/mol. The van der Waals surface area contributed by atoms with Gasteiger partial charge in [-0.2, -0.15) is 0 Å². The molecule has 0 spiro atoms. The monoisotopic (exact) mass is 611 g/mol. The molecule has 1 fully saturated rings. The minimum atomic E-state index is -1.21. The van der Waals surface area contributed by atoms with Gasteiger partial charge in [0, 0.05) is 35.3 Å². The highest BCUT2D eigenvalue weighted by Gasteiger charge is 2.35. The second-order valence-corrected chi connectivity index (χ2v) is 12.2. The topological polar surface area (TPSA) is 172 Å². The number of nitrogens with zero attached hydrogens (tertiary/aromatic N) is 3. The summed E-state index contributed by atoms with van der Waals surface area (Å²) >= 11 is 0. The lowest BCUT2D eigenvalue weighted by Gasteiger charge is -2.29. The zero-order valence-electron chi connectivity index (χ0n) is 25.0. The summed E-state index contributed by atoms with van der Waals surface area (Å²) in [6, 6.07) is 2.97. The summed E-state index contributed by atoms with van der Waals surface area (Å²) in [4.78, 5) is 46.9. The van der Waals surface area contributed by atoms with Crippen molar-refractivity contribution >= 4 is 46.2 Å². The lowest BCUT2D eigenvalue weighted by molar-refractivity contribution is 0.0452. The lowest BCUT2D eigenvalue weighted by atomic mass is 9.96. The van der Waals surface area contributed by atoms with Crippen molar-refractivity contribution in [1.82, 2.24) is 9.97 Å². The zero-order valence-corrected chi connectivity index (χ0v) is 25.0. The molecule has 5 rings (SSSR count). The normalized spacial score (nSPS) is 19.6. The number of hydrogen-bond acceptors (Lipinski definition) is 9. The van der Waals surface area contributed by atoms with Crippen LogP contribution in [-0.4, -0.2) is 68.9 Å². The predicted octanol–water partition coefficient (Wildman–Crippen LogP) is 5.82. The van der Waals surface area contributed by atoms with Crippen molar-refractivity contribution in [1.29, 1.82) is 0 Å². The number of halogens is 1. The third-order valence-electron chi connectivity index (χ3n) is 7.38. The maximum atomic E-state index is 16.4. The molecular weight excluding hydrogens is 577 g/mol. The van der Waals surface area contributed by atoms with Crippen LogP contribution in [0.2, 0.25) is 0 Å². The van der Waals surface area contributed by atoms with Gasteiger partial charge < -0.3 is 24.4 Å². The van der Waals surface area contributed by atoms with Gasteiger partial charge in [0.25, 0.3) is 0 Å². The van der Waals surface area contributed by atoms with Gasteiger partial charge in [-0.1, -0.05) is 0 Å². The molecule has 4 N–H and O–H groups in total. The van der Waals surface area contributed by atoms with E-state index in [1.54, 1.807) is 34.6 Å². The van der Waals surface area contributed by atoms with Crippen molar-refractivity contribution in [3.8, 4) is 17.0 Å². The molecule has 44 heavy (non-hydrogen) atoms. The number of benzene rings is 1. The van der Waals surface area contributed by atoms with Gasteiger partial charge in [-0.05, 0) is 70.5 Å². The number of carbonyl (C=O) groups excluding carboxylic acids is 2. The average molecular weight is 612 g/mol. The highest BCUT2D eigenvalue weighted by molar-refractivity contribution is 6.04. The zero-order chi connectivity index (χ0) is 32.0. The van der Waals surface area contributed by atoms with E-state index in [0.29, 0.717) is 30.2 Å². The first-order valence-electron chi connectivity index (χ1n) is 14.1. The molecule has 0 bridgehead atoms. The molecule has 1 aliphatic carbocycles. The average Bonchev–Trinajstić information content (AvgIpc) is 3.26. The Hall–Kier alpha value is -4.72. The molecule has 2 atom stereocenters. The van der Waals surface area contributed by atoms with E-state index in [0.717, 1.165) is 4.90 Å². The Labute approximate surface area is 252 Å². The molecule has 1 aromatic carbocycles. The van der Waals surface area contributed by atoms with E-state index in [2.05, 4.69) is 20.6 Å². The summed E-state index contributed by atoms with van der Waals surface area (Å²) in [7, 11) is 0. The van der Waals surface area contributed by atoms with Crippen molar-refractivity contribution in [2.45, 2.75) is 71.2 Å². The third-order valence-corrected chi connectivity index (χ3v) is 7.38. The molecule has 13 nitrogen and oxygen atoms in total. The number of carbonyl (C=O) groups is 3. The number of fused-ring (bicyclic) bond motifs is 2. The number of pyridine rings is 2. The van der Waals surface area contributed by atoms with E-state index in [1.807, 2.05) is 0 Å². The van der Waals surface area contributed by atoms with E-state index in [1.165, 1.54) is 24.5 Å². The van der Waals surface area contributed by atoms with Gasteiger partial charge in [-0.25, -0.2) is 28.7 Å². The largest absolute Gasteiger partial charge is 0.474 e. The van der Waals surface area contributed by atoms with E-state index in [4.69, 9.17) is 14.2 Å². The van der Waals surface area contributed by atoms with E-state index >= 15 is 4.39 Å². The van der Waals surface area contributed by atoms with Gasteiger partial charge in [-0.3, -0.25) is 15.5 Å². The lowest BCUT2D eigenvalue weighted by Crippen LogP contribution is -2.37. The van der Waals surface area contributed by atoms with Crippen LogP contribution in [0.1, 0.15) is 52.5 Å². The van der Waals surface area contributed by atoms with Crippen LogP contribution >= 0.6 is 0 Å². The van der Waals surface area contributed by atoms with Crippen molar-refractivity contribution in [2.75, 3.05) is 28.7 Å². The molecule has 3 heterocycles. The summed E-state index contributed by atoms with van der Waals surface area (Å²) in [5.74, 6) is -0.632. The first-order chi connectivity index (χ1) is 20.6. The Morgan fingerprint density at radius 3 is 2.55 bits per heavy atom. The standard InChI is InChI=1S/C30H34FN5O8/c1-15-19(13-33-25-24(15)36(28(39)40)8-9-42-25)18-10-16-11-21(34-26(37)43-17-6-7-30(5,41)12-17)32-14-20(16)23(22(18)31)35-27(38)44-29(2,3)4/h10-11,13-14,17,41H,6-9,12H2,1-5H3,(H,35,38)(H,39,40)(H,32,34,37)/t17-,30+/m1/s1. The fourth-order valence-electron chi connectivity index (χ4n) is 5.42. The Morgan fingerprint density at radius 1 is 1.14 bits per heavy atom. The number of hydrogen-bond donors (Lipinski definition) is 4. The fourth-order valence-corrected chi connectivity index (χ4v) is 5.42. The first kappa shape index (κ1) is 30.7. The summed E-state index contributed by atoms with van der Waals surface area (Å²) < 4.78 is 32.7. The molecule has 0 radical (unpaired) electrons. The highest BCUT2D eigenvalue weighted by atomic mass is 19.1. The number of aromatic nitrogens is 2. The first-order valence-corrected chi connectivity index (χ1v) is 14.1. The Bertz CT molecular complexity index is 1650. The third kappa shape index (κ3) is 6.44. The maximum absolute atomic E-state index is 16.4. The molecule has 2 aliphatic rings. The van der Waals surface area contributed by atoms with Gasteiger partial charge in [0.15, 0.2) is 5.82 Å². The van der Waals surface area contributed by atoms with E-state index < -0.39 is 41.4 Å². The number of anilines is 3. The van der Waals surface area contributed by atoms with Crippen LogP contribution in [0.25, 0.3) is 21.9 Å². The van der Waals surface area contributed by atoms with Gasteiger partial charge >= 0.3 is 18.3 Å². The van der Waals surface area contributed by atoms with Gasteiger partial charge in [0.05, 0.1) is 17.8 Å². The second-order valence-electron chi connectivity index (χ2n) is 12.2. The molecular formula is C30H34FN5O8. The van der Waals surface area contributed by atoms with Gasteiger partial charge in [-0.15, -0.1) is 0 Å². The van der Waals surface area contributed by atoms with E-state index in [-0.39, 0.29) is 52.7 Å². The minimum absolute atomic E-state index is 0.000171. The number of aliphatic hydroxyl groups is 1. The second kappa shape index (κ2) is 11.4. The molecule has 0 saturated heterocycles. The number of ether oxygens (including phenoxy) is 3. The summed E-state index contributed by atoms with van der Waals surface area (Å²) in [6.45, 7) is 8.49. The van der Waals surface area contributed by atoms with Crippen molar-refractivity contribution in [2.24, 2.45) is 0 Å². The number of nitrogens with one attached hydrogen (secondary N) is 2. The Morgan fingerprint density at radius 2 is 1.89 bits per heavy atom. The summed E-state index contributed by atoms with van der Waals surface area (Å²) in [6.07, 6.45) is 0.671. The van der Waals surface area contributed by atoms with Crippen LogP contribution in [-0.2, 0) is 9.47 Å². The Kier molecular flexibility index (Phi) is 7.97. The minimum Gasteiger partial charge on any atom is -0.474 e. The summed E-state index contributed by atoms with van der Waals surface area (Å²) in [5, 5.41) is 25.6. The molecule has 2 aromatic heterocycles. The SMILES string of the molecule is Cc1c(-c2cc3cc(NC(=O)O[C@@H]4CC[C@](C)(O)C4)ncc3c(NC(=O)OC(C)(C)C)c2F)cnc2c1N(C(=O)O)CCO2. The maximum Gasteiger partial charge on any atom is 0.413 e. The van der Waals surface area contributed by atoms with Crippen molar-refractivity contribution < 1.29 is 43.2 Å². The van der Waals surface area contributed by atoms with E-state index in [9.17, 15) is 24.6 Å². The molecule has 0 unspecified atom stereocenters. The summed E-state index contributed by atoms with van der Waals surface area (Å²) in [5.41, 5.74) is -1.16. The molecule has 3 aromatic rings. The molecule has 1 aliphatic heterocycles. The highest BCUT2D eigenvalue weighted by Crippen LogP contribution is 2.42. The van der Waals surface area contributed by atoms with Gasteiger partial charge in [0.1, 0.15) is 29.8 Å². The van der Waals surface area contributed by atoms with Crippen molar-refractivity contribution in [3.63, 3.8) is 0 Å². The number of amides is 3. The fraction of sp³-hybridized carbons (Fsp3) is 0.433. The number of carboxylic acid groups (broad SMARTS) is 1. The van der Waals surface area contributed by atoms with Crippen LogP contribution in [0, 0.1) is 12.7 Å². The van der Waals surface area contributed by atoms with Crippen LogP contribution < -0.4 is 20.3 Å². The molecule has 234 valence electrons. The smallest absolute Gasteiger partial charge is 0.413 e. The van der Waals surface area contributed by atoms with Crippen LogP contribution in [0.5, 0.6) is 5.88 Å². The molecule has 3 amide bonds. The van der Waals surface area contributed by atoms with Crippen LogP contribution in [0.4, 0.5) is 36.0 Å². The quantitative estimate of drug-likeness (QED) is 0.282. The van der Waals surface area contributed by atoms with Crippen LogP contribution in [0.3, 0.4) is 0 Å². The molecule has 14 heteroatoms. The van der Waals surface area contributed by atoms with Crippen molar-refractivity contribution in [3.05, 3.63) is 35.9 Å². The Balaban J connectivity index is 1.57. The molecule has 1 saturated carbocycles. The van der Waals surface area contributed by atoms with Crippen LogP contribution in [0.15, 0.2) is 24.5 Å².